The fourth-order valence-electron chi connectivity index (χ4n) is 2.42. The van der Waals surface area contributed by atoms with Crippen molar-refractivity contribution in [2.45, 2.75) is 32.6 Å². The van der Waals surface area contributed by atoms with Crippen molar-refractivity contribution in [3.05, 3.63) is 33.8 Å². The smallest absolute Gasteiger partial charge is 0.253 e. The SMILES string of the molecule is Cc1cc(C(=O)N(CC2CC2)CC2CC2)ccc1Br. The zero-order valence-corrected chi connectivity index (χ0v) is 12.9. The van der Waals surface area contributed by atoms with Gasteiger partial charge in [0.1, 0.15) is 0 Å². The number of carbonyl (C=O) groups is 1. The van der Waals surface area contributed by atoms with Gasteiger partial charge in [0.15, 0.2) is 0 Å². The summed E-state index contributed by atoms with van der Waals surface area (Å²) in [5, 5.41) is 0. The molecule has 0 N–H and O–H groups in total. The van der Waals surface area contributed by atoms with E-state index < -0.39 is 0 Å². The Hall–Kier alpha value is -0.830. The summed E-state index contributed by atoms with van der Waals surface area (Å²) in [5.41, 5.74) is 1.96. The van der Waals surface area contributed by atoms with Crippen molar-refractivity contribution in [1.29, 1.82) is 0 Å². The van der Waals surface area contributed by atoms with E-state index in [2.05, 4.69) is 20.8 Å². The average molecular weight is 322 g/mol. The van der Waals surface area contributed by atoms with Gasteiger partial charge in [-0.3, -0.25) is 4.79 Å². The van der Waals surface area contributed by atoms with Crippen molar-refractivity contribution in [3.8, 4) is 0 Å². The molecule has 2 nitrogen and oxygen atoms in total. The number of aryl methyl sites for hydroxylation is 1. The number of halogens is 1. The molecule has 0 aromatic heterocycles. The van der Waals surface area contributed by atoms with Gasteiger partial charge in [-0.2, -0.15) is 0 Å². The van der Waals surface area contributed by atoms with Crippen molar-refractivity contribution in [2.75, 3.05) is 13.1 Å². The van der Waals surface area contributed by atoms with Crippen molar-refractivity contribution < 1.29 is 4.79 Å². The molecule has 3 rings (SSSR count). The van der Waals surface area contributed by atoms with Crippen LogP contribution in [0.5, 0.6) is 0 Å². The normalized spacial score (nSPS) is 18.4. The molecule has 0 atom stereocenters. The molecular formula is C16H20BrNO. The molecule has 0 aliphatic heterocycles. The number of hydrogen-bond donors (Lipinski definition) is 0. The molecule has 3 heteroatoms. The molecule has 0 unspecified atom stereocenters. The highest BCUT2D eigenvalue weighted by atomic mass is 79.9. The quantitative estimate of drug-likeness (QED) is 0.802. The topological polar surface area (TPSA) is 20.3 Å². The zero-order valence-electron chi connectivity index (χ0n) is 11.4. The highest BCUT2D eigenvalue weighted by molar-refractivity contribution is 9.10. The number of carbonyl (C=O) groups excluding carboxylic acids is 1. The van der Waals surface area contributed by atoms with E-state index in [0.717, 1.165) is 40.5 Å². The molecule has 2 fully saturated rings. The van der Waals surface area contributed by atoms with Crippen LogP contribution in [0, 0.1) is 18.8 Å². The Labute approximate surface area is 123 Å². The third kappa shape index (κ3) is 3.38. The van der Waals surface area contributed by atoms with Crippen molar-refractivity contribution in [2.24, 2.45) is 11.8 Å². The molecule has 0 radical (unpaired) electrons. The Bertz CT molecular complexity index is 478. The van der Waals surface area contributed by atoms with Gasteiger partial charge in [0.25, 0.3) is 5.91 Å². The van der Waals surface area contributed by atoms with E-state index in [1.807, 2.05) is 25.1 Å². The first-order valence-electron chi connectivity index (χ1n) is 7.19. The van der Waals surface area contributed by atoms with Gasteiger partial charge < -0.3 is 4.90 Å². The van der Waals surface area contributed by atoms with Gasteiger partial charge in [0.05, 0.1) is 0 Å². The number of rotatable bonds is 5. The summed E-state index contributed by atoms with van der Waals surface area (Å²) in [6.45, 7) is 3.96. The van der Waals surface area contributed by atoms with E-state index in [1.54, 1.807) is 0 Å². The highest BCUT2D eigenvalue weighted by Gasteiger charge is 2.31. The summed E-state index contributed by atoms with van der Waals surface area (Å²) in [6, 6.07) is 5.92. The fraction of sp³-hybridized carbons (Fsp3) is 0.562. The van der Waals surface area contributed by atoms with Gasteiger partial charge in [-0.15, -0.1) is 0 Å². The van der Waals surface area contributed by atoms with Crippen LogP contribution in [0.4, 0.5) is 0 Å². The molecule has 2 aliphatic rings. The van der Waals surface area contributed by atoms with Crippen LogP contribution in [0.25, 0.3) is 0 Å². The maximum absolute atomic E-state index is 12.6. The van der Waals surface area contributed by atoms with Crippen LogP contribution in [0.2, 0.25) is 0 Å². The average Bonchev–Trinajstić information content (AvgIpc) is 3.26. The Morgan fingerprint density at radius 1 is 1.21 bits per heavy atom. The fourth-order valence-corrected chi connectivity index (χ4v) is 2.67. The van der Waals surface area contributed by atoms with Gasteiger partial charge in [0, 0.05) is 23.1 Å². The largest absolute Gasteiger partial charge is 0.338 e. The molecular weight excluding hydrogens is 302 g/mol. The second-order valence-electron chi connectivity index (χ2n) is 6.06. The maximum atomic E-state index is 12.6. The predicted octanol–water partition coefficient (Wildman–Crippen LogP) is 4.02. The minimum absolute atomic E-state index is 0.217. The summed E-state index contributed by atoms with van der Waals surface area (Å²) in [6.07, 6.45) is 5.20. The number of benzene rings is 1. The second-order valence-corrected chi connectivity index (χ2v) is 6.92. The third-order valence-electron chi connectivity index (χ3n) is 4.04. The van der Waals surface area contributed by atoms with Crippen molar-refractivity contribution in [1.82, 2.24) is 4.90 Å². The number of amides is 1. The van der Waals surface area contributed by atoms with Crippen LogP contribution in [-0.2, 0) is 0 Å². The van der Waals surface area contributed by atoms with Crippen molar-refractivity contribution >= 4 is 21.8 Å². The van der Waals surface area contributed by atoms with Crippen LogP contribution >= 0.6 is 15.9 Å². The molecule has 0 bridgehead atoms. The molecule has 2 aliphatic carbocycles. The van der Waals surface area contributed by atoms with E-state index in [-0.39, 0.29) is 5.91 Å². The monoisotopic (exact) mass is 321 g/mol. The molecule has 19 heavy (non-hydrogen) atoms. The molecule has 0 saturated heterocycles. The molecule has 102 valence electrons. The first kappa shape index (κ1) is 13.2. The highest BCUT2D eigenvalue weighted by Crippen LogP contribution is 2.34. The second kappa shape index (κ2) is 5.28. The number of nitrogens with zero attached hydrogens (tertiary/aromatic N) is 1. The minimum atomic E-state index is 0.217. The van der Waals surface area contributed by atoms with E-state index in [9.17, 15) is 4.79 Å². The summed E-state index contributed by atoms with van der Waals surface area (Å²) in [7, 11) is 0. The maximum Gasteiger partial charge on any atom is 0.253 e. The van der Waals surface area contributed by atoms with Gasteiger partial charge in [-0.25, -0.2) is 0 Å². The number of hydrogen-bond acceptors (Lipinski definition) is 1. The van der Waals surface area contributed by atoms with Crippen LogP contribution < -0.4 is 0 Å². The molecule has 2 saturated carbocycles. The lowest BCUT2D eigenvalue weighted by Gasteiger charge is -2.23. The summed E-state index contributed by atoms with van der Waals surface area (Å²) in [4.78, 5) is 14.7. The van der Waals surface area contributed by atoms with Crippen LogP contribution in [0.15, 0.2) is 22.7 Å². The van der Waals surface area contributed by atoms with E-state index in [1.165, 1.54) is 25.7 Å². The van der Waals surface area contributed by atoms with Crippen LogP contribution in [0.1, 0.15) is 41.6 Å². The Morgan fingerprint density at radius 3 is 2.26 bits per heavy atom. The molecule has 1 aromatic rings. The summed E-state index contributed by atoms with van der Waals surface area (Å²) in [5.74, 6) is 1.74. The predicted molar refractivity (Wildman–Crippen MR) is 80.2 cm³/mol. The lowest BCUT2D eigenvalue weighted by atomic mass is 10.1. The first-order valence-corrected chi connectivity index (χ1v) is 7.98. The standard InChI is InChI=1S/C16H20BrNO/c1-11-8-14(6-7-15(11)17)16(19)18(9-12-2-3-12)10-13-4-5-13/h6-8,12-13H,2-5,9-10H2,1H3. The van der Waals surface area contributed by atoms with Gasteiger partial charge in [-0.05, 0) is 68.2 Å². The van der Waals surface area contributed by atoms with E-state index >= 15 is 0 Å². The van der Waals surface area contributed by atoms with Gasteiger partial charge in [-0.1, -0.05) is 15.9 Å². The Morgan fingerprint density at radius 2 is 1.79 bits per heavy atom. The Kier molecular flexibility index (Phi) is 3.66. The lowest BCUT2D eigenvalue weighted by Crippen LogP contribution is -2.34. The minimum Gasteiger partial charge on any atom is -0.338 e. The first-order chi connectivity index (χ1) is 9.13. The van der Waals surface area contributed by atoms with Crippen LogP contribution in [0.3, 0.4) is 0 Å². The molecule has 0 spiro atoms. The summed E-state index contributed by atoms with van der Waals surface area (Å²) >= 11 is 3.49. The Balaban J connectivity index is 1.74. The van der Waals surface area contributed by atoms with Crippen LogP contribution in [-0.4, -0.2) is 23.9 Å². The van der Waals surface area contributed by atoms with Crippen molar-refractivity contribution in [3.63, 3.8) is 0 Å². The van der Waals surface area contributed by atoms with E-state index in [4.69, 9.17) is 0 Å². The van der Waals surface area contributed by atoms with Gasteiger partial charge in [0.2, 0.25) is 0 Å². The summed E-state index contributed by atoms with van der Waals surface area (Å²) < 4.78 is 1.07. The zero-order chi connectivity index (χ0) is 13.4. The molecule has 0 heterocycles. The van der Waals surface area contributed by atoms with Gasteiger partial charge >= 0.3 is 0 Å². The van der Waals surface area contributed by atoms with E-state index in [0.29, 0.717) is 0 Å². The lowest BCUT2D eigenvalue weighted by molar-refractivity contribution is 0.0739. The molecule has 1 aromatic carbocycles. The molecule has 1 amide bonds. The third-order valence-corrected chi connectivity index (χ3v) is 4.93.